The highest BCUT2D eigenvalue weighted by Crippen LogP contribution is 2.26. The topological polar surface area (TPSA) is 37.4 Å². The Morgan fingerprint density at radius 3 is 2.76 bits per heavy atom. The normalized spacial score (nSPS) is 19.7. The monoisotopic (exact) mass is 249 g/mol. The van der Waals surface area contributed by atoms with Gasteiger partial charge in [0, 0.05) is 31.3 Å². The Kier molecular flexibility index (Phi) is 3.84. The third-order valence-electron chi connectivity index (χ3n) is 2.80. The van der Waals surface area contributed by atoms with Crippen LogP contribution in [0.4, 0.5) is 5.69 Å². The predicted molar refractivity (Wildman–Crippen MR) is 70.0 cm³/mol. The second-order valence-electron chi connectivity index (χ2n) is 4.21. The van der Waals surface area contributed by atoms with Crippen molar-refractivity contribution in [2.45, 2.75) is 13.3 Å². The van der Waals surface area contributed by atoms with Crippen LogP contribution in [0.1, 0.15) is 13.3 Å². The summed E-state index contributed by atoms with van der Waals surface area (Å²) in [4.78, 5) is 24.6. The van der Waals surface area contributed by atoms with Gasteiger partial charge in [-0.15, -0.1) is 0 Å². The molecule has 1 saturated heterocycles. The Bertz CT molecular complexity index is 419. The van der Waals surface area contributed by atoms with Crippen LogP contribution in [0.15, 0.2) is 30.3 Å². The number of anilines is 1. The van der Waals surface area contributed by atoms with Gasteiger partial charge in [-0.25, -0.2) is 0 Å². The molecule has 2 rings (SSSR count). The van der Waals surface area contributed by atoms with Crippen molar-refractivity contribution < 1.29 is 9.59 Å². The first-order valence-corrected chi connectivity index (χ1v) is 6.64. The van der Waals surface area contributed by atoms with Crippen molar-refractivity contribution >= 4 is 28.5 Å². The van der Waals surface area contributed by atoms with Crippen molar-refractivity contribution in [1.82, 2.24) is 0 Å². The lowest BCUT2D eigenvalue weighted by Crippen LogP contribution is -2.24. The molecule has 1 heterocycles. The van der Waals surface area contributed by atoms with E-state index in [0.29, 0.717) is 6.42 Å². The number of benzene rings is 1. The van der Waals surface area contributed by atoms with E-state index in [1.54, 1.807) is 6.92 Å². The lowest BCUT2D eigenvalue weighted by atomic mass is 10.1. The average Bonchev–Trinajstić information content (AvgIpc) is 2.69. The predicted octanol–water partition coefficient (Wildman–Crippen LogP) is 2.32. The highest BCUT2D eigenvalue weighted by Gasteiger charge is 2.30. The molecule has 0 spiro atoms. The maximum Gasteiger partial charge on any atom is 0.227 e. The molecule has 0 aliphatic carbocycles. The van der Waals surface area contributed by atoms with Gasteiger partial charge in [0.1, 0.15) is 0 Å². The Morgan fingerprint density at radius 2 is 2.12 bits per heavy atom. The Hall–Kier alpha value is -1.29. The number of carbonyl (C=O) groups is 2. The van der Waals surface area contributed by atoms with E-state index in [4.69, 9.17) is 0 Å². The van der Waals surface area contributed by atoms with Gasteiger partial charge < -0.3 is 4.90 Å². The molecule has 0 bridgehead atoms. The van der Waals surface area contributed by atoms with Crippen molar-refractivity contribution in [1.29, 1.82) is 0 Å². The number of para-hydroxylation sites is 1. The summed E-state index contributed by atoms with van der Waals surface area (Å²) in [6, 6.07) is 9.68. The third-order valence-corrected chi connectivity index (χ3v) is 3.84. The average molecular weight is 249 g/mol. The Balaban J connectivity index is 1.98. The molecule has 1 atom stereocenters. The van der Waals surface area contributed by atoms with Crippen molar-refractivity contribution in [3.8, 4) is 0 Å². The molecule has 1 aromatic rings. The summed E-state index contributed by atoms with van der Waals surface area (Å²) in [6.45, 7) is 2.29. The third kappa shape index (κ3) is 3.09. The first-order chi connectivity index (χ1) is 8.16. The van der Waals surface area contributed by atoms with Gasteiger partial charge in [-0.2, -0.15) is 0 Å². The largest absolute Gasteiger partial charge is 0.312 e. The van der Waals surface area contributed by atoms with Gasteiger partial charge in [-0.1, -0.05) is 30.0 Å². The maximum absolute atomic E-state index is 11.9. The first kappa shape index (κ1) is 12.2. The molecule has 1 aliphatic rings. The minimum absolute atomic E-state index is 0.121. The fourth-order valence-electron chi connectivity index (χ4n) is 1.99. The molecule has 0 saturated carbocycles. The van der Waals surface area contributed by atoms with Gasteiger partial charge in [0.15, 0.2) is 5.12 Å². The summed E-state index contributed by atoms with van der Waals surface area (Å²) >= 11 is 1.31. The number of hydrogen-bond acceptors (Lipinski definition) is 3. The molecule has 17 heavy (non-hydrogen) atoms. The summed E-state index contributed by atoms with van der Waals surface area (Å²) in [7, 11) is 0. The molecule has 1 amide bonds. The van der Waals surface area contributed by atoms with E-state index in [0.717, 1.165) is 18.0 Å². The SMILES string of the molecule is CC(=O)SCC1CC(=O)N(c2ccccc2)C1. The Morgan fingerprint density at radius 1 is 1.41 bits per heavy atom. The van der Waals surface area contributed by atoms with Gasteiger partial charge in [-0.3, -0.25) is 9.59 Å². The van der Waals surface area contributed by atoms with E-state index in [1.807, 2.05) is 35.2 Å². The van der Waals surface area contributed by atoms with Crippen LogP contribution < -0.4 is 4.90 Å². The zero-order valence-electron chi connectivity index (χ0n) is 9.76. The van der Waals surface area contributed by atoms with Crippen LogP contribution in [0.2, 0.25) is 0 Å². The lowest BCUT2D eigenvalue weighted by Gasteiger charge is -2.16. The van der Waals surface area contributed by atoms with E-state index in [9.17, 15) is 9.59 Å². The smallest absolute Gasteiger partial charge is 0.227 e. The zero-order valence-corrected chi connectivity index (χ0v) is 10.6. The van der Waals surface area contributed by atoms with Crippen LogP contribution in [-0.2, 0) is 9.59 Å². The highest BCUT2D eigenvalue weighted by molar-refractivity contribution is 8.13. The quantitative estimate of drug-likeness (QED) is 0.825. The van der Waals surface area contributed by atoms with Gasteiger partial charge >= 0.3 is 0 Å². The van der Waals surface area contributed by atoms with Crippen LogP contribution >= 0.6 is 11.8 Å². The molecule has 0 N–H and O–H groups in total. The minimum atomic E-state index is 0.121. The summed E-state index contributed by atoms with van der Waals surface area (Å²) in [6.07, 6.45) is 0.551. The molecule has 0 aromatic heterocycles. The zero-order chi connectivity index (χ0) is 12.3. The van der Waals surface area contributed by atoms with Crippen LogP contribution in [0.25, 0.3) is 0 Å². The number of amides is 1. The molecule has 1 unspecified atom stereocenters. The van der Waals surface area contributed by atoms with Crippen molar-refractivity contribution in [2.75, 3.05) is 17.2 Å². The second-order valence-corrected chi connectivity index (χ2v) is 5.41. The second kappa shape index (κ2) is 5.36. The molecule has 3 nitrogen and oxygen atoms in total. The van der Waals surface area contributed by atoms with Crippen molar-refractivity contribution in [3.05, 3.63) is 30.3 Å². The molecular formula is C13H15NO2S. The van der Waals surface area contributed by atoms with Gasteiger partial charge in [0.05, 0.1) is 0 Å². The number of rotatable bonds is 3. The van der Waals surface area contributed by atoms with E-state index >= 15 is 0 Å². The number of hydrogen-bond donors (Lipinski definition) is 0. The summed E-state index contributed by atoms with van der Waals surface area (Å²) in [5.41, 5.74) is 0.952. The van der Waals surface area contributed by atoms with Crippen LogP contribution in [0.3, 0.4) is 0 Å². The van der Waals surface area contributed by atoms with Gasteiger partial charge in [0.25, 0.3) is 0 Å². The number of thioether (sulfide) groups is 1. The molecule has 90 valence electrons. The van der Waals surface area contributed by atoms with Crippen LogP contribution in [-0.4, -0.2) is 23.3 Å². The molecule has 1 fully saturated rings. The summed E-state index contributed by atoms with van der Waals surface area (Å²) in [5.74, 6) is 1.19. The Labute approximate surface area is 105 Å². The lowest BCUT2D eigenvalue weighted by molar-refractivity contribution is -0.117. The standard InChI is InChI=1S/C13H15NO2S/c1-10(15)17-9-11-7-13(16)14(8-11)12-5-3-2-4-6-12/h2-6,11H,7-9H2,1H3. The minimum Gasteiger partial charge on any atom is -0.312 e. The fourth-order valence-corrected chi connectivity index (χ4v) is 2.68. The highest BCUT2D eigenvalue weighted by atomic mass is 32.2. The number of nitrogens with zero attached hydrogens (tertiary/aromatic N) is 1. The summed E-state index contributed by atoms with van der Waals surface area (Å²) in [5, 5.41) is 0.121. The van der Waals surface area contributed by atoms with Gasteiger partial charge in [0.2, 0.25) is 5.91 Å². The van der Waals surface area contributed by atoms with E-state index in [1.165, 1.54) is 11.8 Å². The fraction of sp³-hybridized carbons (Fsp3) is 0.385. The first-order valence-electron chi connectivity index (χ1n) is 5.65. The number of carbonyl (C=O) groups excluding carboxylic acids is 2. The maximum atomic E-state index is 11.9. The van der Waals surface area contributed by atoms with Crippen molar-refractivity contribution in [3.63, 3.8) is 0 Å². The molecule has 4 heteroatoms. The molecule has 0 radical (unpaired) electrons. The van der Waals surface area contributed by atoms with Crippen molar-refractivity contribution in [2.24, 2.45) is 5.92 Å². The van der Waals surface area contributed by atoms with Gasteiger partial charge in [-0.05, 0) is 18.1 Å². The van der Waals surface area contributed by atoms with E-state index in [-0.39, 0.29) is 16.9 Å². The van der Waals surface area contributed by atoms with Crippen LogP contribution in [0.5, 0.6) is 0 Å². The molecule has 1 aromatic carbocycles. The van der Waals surface area contributed by atoms with E-state index < -0.39 is 0 Å². The molecular weight excluding hydrogens is 234 g/mol. The molecule has 1 aliphatic heterocycles. The van der Waals surface area contributed by atoms with E-state index in [2.05, 4.69) is 0 Å². The summed E-state index contributed by atoms with van der Waals surface area (Å²) < 4.78 is 0. The van der Waals surface area contributed by atoms with Crippen LogP contribution in [0, 0.1) is 5.92 Å².